The molecule has 7 nitrogen and oxygen atoms in total. The highest BCUT2D eigenvalue weighted by molar-refractivity contribution is 5.92. The summed E-state index contributed by atoms with van der Waals surface area (Å²) in [5, 5.41) is 11.0. The van der Waals surface area contributed by atoms with Gasteiger partial charge >= 0.3 is 5.97 Å². The minimum absolute atomic E-state index is 0.232. The smallest absolute Gasteiger partial charge is 0.332 e. The van der Waals surface area contributed by atoms with Crippen molar-refractivity contribution in [2.24, 2.45) is 0 Å². The lowest BCUT2D eigenvalue weighted by molar-refractivity contribution is -0.141. The second-order valence-corrected chi connectivity index (χ2v) is 3.07. The summed E-state index contributed by atoms with van der Waals surface area (Å²) in [4.78, 5) is 30.2. The predicted octanol–water partition coefficient (Wildman–Crippen LogP) is 0.259. The third-order valence-electron chi connectivity index (χ3n) is 1.72. The van der Waals surface area contributed by atoms with Crippen molar-refractivity contribution < 1.29 is 19.5 Å². The summed E-state index contributed by atoms with van der Waals surface area (Å²) in [6.45, 7) is 1.84. The normalized spacial score (nSPS) is 9.71. The van der Waals surface area contributed by atoms with Crippen LogP contribution >= 0.6 is 0 Å². The number of amides is 1. The van der Waals surface area contributed by atoms with Crippen molar-refractivity contribution in [3.05, 3.63) is 24.0 Å². The molecule has 1 amide bonds. The standard InChI is InChI=1S/C10H13N3O4/c1-2-11-10(16)8-5-7(3-4-12-8)13-17-6-9(14)15/h3-5H,2,6H2,1H3,(H,11,16)(H,12,13)(H,14,15). The molecule has 0 unspecified atom stereocenters. The first-order chi connectivity index (χ1) is 8.13. The first kappa shape index (κ1) is 12.9. The Kier molecular flexibility index (Phi) is 4.89. The van der Waals surface area contributed by atoms with Gasteiger partial charge in [0.15, 0.2) is 6.61 Å². The van der Waals surface area contributed by atoms with Crippen LogP contribution in [-0.2, 0) is 9.63 Å². The van der Waals surface area contributed by atoms with Crippen LogP contribution < -0.4 is 10.8 Å². The van der Waals surface area contributed by atoms with Crippen molar-refractivity contribution in [2.75, 3.05) is 18.6 Å². The van der Waals surface area contributed by atoms with Crippen LogP contribution in [0, 0.1) is 0 Å². The fraction of sp³-hybridized carbons (Fsp3) is 0.300. The average molecular weight is 239 g/mol. The van der Waals surface area contributed by atoms with E-state index in [1.54, 1.807) is 13.0 Å². The molecule has 0 saturated carbocycles. The molecule has 0 aliphatic carbocycles. The van der Waals surface area contributed by atoms with E-state index >= 15 is 0 Å². The van der Waals surface area contributed by atoms with E-state index in [9.17, 15) is 9.59 Å². The molecule has 0 bridgehead atoms. The number of carbonyl (C=O) groups excluding carboxylic acids is 1. The number of nitrogens with zero attached hydrogens (tertiary/aromatic N) is 1. The maximum Gasteiger partial charge on any atom is 0.332 e. The van der Waals surface area contributed by atoms with Gasteiger partial charge in [0.1, 0.15) is 5.69 Å². The zero-order valence-corrected chi connectivity index (χ0v) is 9.27. The molecule has 1 aromatic heterocycles. The molecule has 1 heterocycles. The number of rotatable bonds is 6. The molecule has 7 heteroatoms. The molecule has 0 aromatic carbocycles. The second-order valence-electron chi connectivity index (χ2n) is 3.07. The Hall–Kier alpha value is -2.15. The number of aromatic nitrogens is 1. The highest BCUT2D eigenvalue weighted by Gasteiger charge is 2.06. The average Bonchev–Trinajstić information content (AvgIpc) is 2.29. The Balaban J connectivity index is 2.59. The molecule has 0 saturated heterocycles. The molecule has 0 atom stereocenters. The Morgan fingerprint density at radius 3 is 2.94 bits per heavy atom. The van der Waals surface area contributed by atoms with Crippen LogP contribution in [0.25, 0.3) is 0 Å². The lowest BCUT2D eigenvalue weighted by Gasteiger charge is -2.06. The topological polar surface area (TPSA) is 101 Å². The summed E-state index contributed by atoms with van der Waals surface area (Å²) < 4.78 is 0. The molecule has 1 rings (SSSR count). The molecule has 0 radical (unpaired) electrons. The Bertz CT molecular complexity index is 408. The van der Waals surface area contributed by atoms with Crippen LogP contribution in [-0.4, -0.2) is 35.1 Å². The molecule has 17 heavy (non-hydrogen) atoms. The molecule has 0 aliphatic heterocycles. The summed E-state index contributed by atoms with van der Waals surface area (Å²) in [6, 6.07) is 3.03. The van der Waals surface area contributed by atoms with Gasteiger partial charge in [-0.15, -0.1) is 0 Å². The number of carboxylic acids is 1. The van der Waals surface area contributed by atoms with Crippen molar-refractivity contribution in [1.82, 2.24) is 10.3 Å². The third kappa shape index (κ3) is 4.47. The number of aliphatic carboxylic acids is 1. The van der Waals surface area contributed by atoms with E-state index in [0.717, 1.165) is 0 Å². The number of nitrogens with one attached hydrogen (secondary N) is 2. The highest BCUT2D eigenvalue weighted by Crippen LogP contribution is 2.07. The quantitative estimate of drug-likeness (QED) is 0.615. The molecule has 0 fully saturated rings. The van der Waals surface area contributed by atoms with Gasteiger partial charge in [0, 0.05) is 12.7 Å². The largest absolute Gasteiger partial charge is 0.479 e. The van der Waals surface area contributed by atoms with Crippen LogP contribution in [0.15, 0.2) is 18.3 Å². The van der Waals surface area contributed by atoms with Crippen molar-refractivity contribution >= 4 is 17.6 Å². The number of carbonyl (C=O) groups is 2. The summed E-state index contributed by atoms with van der Waals surface area (Å²) in [6.07, 6.45) is 1.43. The van der Waals surface area contributed by atoms with Crippen LogP contribution in [0.4, 0.5) is 5.69 Å². The minimum atomic E-state index is -1.09. The monoisotopic (exact) mass is 239 g/mol. The molecule has 92 valence electrons. The van der Waals surface area contributed by atoms with Gasteiger partial charge in [0.25, 0.3) is 5.91 Å². The molecular formula is C10H13N3O4. The molecule has 1 aromatic rings. The highest BCUT2D eigenvalue weighted by atomic mass is 16.7. The maximum atomic E-state index is 11.4. The van der Waals surface area contributed by atoms with Gasteiger partial charge in [0.05, 0.1) is 5.69 Å². The molecule has 0 aliphatic rings. The van der Waals surface area contributed by atoms with E-state index in [4.69, 9.17) is 5.11 Å². The van der Waals surface area contributed by atoms with Crippen molar-refractivity contribution in [2.45, 2.75) is 6.92 Å². The first-order valence-corrected chi connectivity index (χ1v) is 4.97. The van der Waals surface area contributed by atoms with E-state index in [1.807, 2.05) is 0 Å². The van der Waals surface area contributed by atoms with Crippen LogP contribution in [0.5, 0.6) is 0 Å². The van der Waals surface area contributed by atoms with Gasteiger partial charge in [0.2, 0.25) is 0 Å². The van der Waals surface area contributed by atoms with Crippen LogP contribution in [0.1, 0.15) is 17.4 Å². The zero-order valence-electron chi connectivity index (χ0n) is 9.27. The lowest BCUT2D eigenvalue weighted by atomic mass is 10.3. The zero-order chi connectivity index (χ0) is 12.7. The van der Waals surface area contributed by atoms with E-state index in [2.05, 4.69) is 20.6 Å². The van der Waals surface area contributed by atoms with Gasteiger partial charge in [-0.2, -0.15) is 0 Å². The van der Waals surface area contributed by atoms with Gasteiger partial charge in [-0.25, -0.2) is 4.79 Å². The van der Waals surface area contributed by atoms with E-state index in [-0.39, 0.29) is 11.6 Å². The number of anilines is 1. The fourth-order valence-electron chi connectivity index (χ4n) is 1.05. The second kappa shape index (κ2) is 6.44. The van der Waals surface area contributed by atoms with Crippen LogP contribution in [0.3, 0.4) is 0 Å². The van der Waals surface area contributed by atoms with E-state index in [0.29, 0.717) is 12.2 Å². The van der Waals surface area contributed by atoms with Gasteiger partial charge < -0.3 is 10.4 Å². The number of hydrogen-bond acceptors (Lipinski definition) is 5. The Morgan fingerprint density at radius 1 is 1.53 bits per heavy atom. The minimum Gasteiger partial charge on any atom is -0.479 e. The van der Waals surface area contributed by atoms with E-state index in [1.165, 1.54) is 12.3 Å². The third-order valence-corrected chi connectivity index (χ3v) is 1.72. The summed E-state index contributed by atoms with van der Waals surface area (Å²) >= 11 is 0. The number of pyridine rings is 1. The number of hydrogen-bond donors (Lipinski definition) is 3. The fourth-order valence-corrected chi connectivity index (χ4v) is 1.05. The van der Waals surface area contributed by atoms with Gasteiger partial charge in [-0.3, -0.25) is 20.1 Å². The lowest BCUT2D eigenvalue weighted by Crippen LogP contribution is -2.23. The summed E-state index contributed by atoms with van der Waals surface area (Å²) in [7, 11) is 0. The van der Waals surface area contributed by atoms with Gasteiger partial charge in [-0.1, -0.05) is 0 Å². The van der Waals surface area contributed by atoms with E-state index < -0.39 is 12.6 Å². The molecule has 0 spiro atoms. The van der Waals surface area contributed by atoms with Crippen molar-refractivity contribution in [3.8, 4) is 0 Å². The predicted molar refractivity (Wildman–Crippen MR) is 59.5 cm³/mol. The van der Waals surface area contributed by atoms with Crippen molar-refractivity contribution in [3.63, 3.8) is 0 Å². The summed E-state index contributed by atoms with van der Waals surface area (Å²) in [5.41, 5.74) is 3.11. The Morgan fingerprint density at radius 2 is 2.29 bits per heavy atom. The van der Waals surface area contributed by atoms with Gasteiger partial charge in [-0.05, 0) is 19.1 Å². The Labute approximate surface area is 97.8 Å². The summed E-state index contributed by atoms with van der Waals surface area (Å²) in [5.74, 6) is -1.38. The SMILES string of the molecule is CCNC(=O)c1cc(NOCC(=O)O)ccn1. The van der Waals surface area contributed by atoms with Crippen molar-refractivity contribution in [1.29, 1.82) is 0 Å². The maximum absolute atomic E-state index is 11.4. The first-order valence-electron chi connectivity index (χ1n) is 4.97. The number of carboxylic acid groups (broad SMARTS) is 1. The van der Waals surface area contributed by atoms with Crippen LogP contribution in [0.2, 0.25) is 0 Å². The molecular weight excluding hydrogens is 226 g/mol. The molecule has 3 N–H and O–H groups in total.